The summed E-state index contributed by atoms with van der Waals surface area (Å²) in [4.78, 5) is 7.47. The van der Waals surface area contributed by atoms with E-state index in [4.69, 9.17) is 16.6 Å². The van der Waals surface area contributed by atoms with Gasteiger partial charge in [-0.3, -0.25) is 0 Å². The molecule has 0 radical (unpaired) electrons. The molecule has 0 aliphatic heterocycles. The number of alkyl halides is 1. The number of fused-ring (bicyclic) bond motifs is 1. The molecule has 3 aromatic rings. The summed E-state index contributed by atoms with van der Waals surface area (Å²) in [5.74, 6) is 1.40. The topological polar surface area (TPSA) is 17.8 Å². The van der Waals surface area contributed by atoms with Crippen molar-refractivity contribution >= 4 is 34.0 Å². The van der Waals surface area contributed by atoms with E-state index in [9.17, 15) is 0 Å². The minimum Gasteiger partial charge on any atom is -0.324 e. The van der Waals surface area contributed by atoms with Crippen LogP contribution in [0.5, 0.6) is 0 Å². The third-order valence-corrected chi connectivity index (χ3v) is 5.03. The van der Waals surface area contributed by atoms with Gasteiger partial charge in [0.15, 0.2) is 0 Å². The highest BCUT2D eigenvalue weighted by Crippen LogP contribution is 2.27. The van der Waals surface area contributed by atoms with Crippen molar-refractivity contribution in [3.63, 3.8) is 0 Å². The third kappa shape index (κ3) is 2.85. The summed E-state index contributed by atoms with van der Waals surface area (Å²) in [5, 5.41) is 0. The molecule has 0 amide bonds. The predicted octanol–water partition coefficient (Wildman–Crippen LogP) is 5.26. The number of rotatable bonds is 4. The number of halogens is 1. The molecule has 1 unspecified atom stereocenters. The Morgan fingerprint density at radius 2 is 2.05 bits per heavy atom. The van der Waals surface area contributed by atoms with Crippen molar-refractivity contribution in [1.29, 1.82) is 0 Å². The summed E-state index contributed by atoms with van der Waals surface area (Å²) in [5.41, 5.74) is 3.45. The van der Waals surface area contributed by atoms with Crippen molar-refractivity contribution in [2.45, 2.75) is 39.1 Å². The number of hydrogen-bond donors (Lipinski definition) is 0. The lowest BCUT2D eigenvalue weighted by atomic mass is 10.1. The summed E-state index contributed by atoms with van der Waals surface area (Å²) >= 11 is 7.98. The molecule has 0 fully saturated rings. The van der Waals surface area contributed by atoms with Crippen molar-refractivity contribution < 1.29 is 0 Å². The number of aromatic nitrogens is 2. The number of imidazole rings is 1. The van der Waals surface area contributed by atoms with Crippen molar-refractivity contribution in [3.8, 4) is 0 Å². The van der Waals surface area contributed by atoms with E-state index in [1.807, 2.05) is 11.3 Å². The van der Waals surface area contributed by atoms with Crippen molar-refractivity contribution in [1.82, 2.24) is 9.55 Å². The van der Waals surface area contributed by atoms with Crippen LogP contribution in [0.3, 0.4) is 0 Å². The van der Waals surface area contributed by atoms with E-state index in [0.29, 0.717) is 11.9 Å². The van der Waals surface area contributed by atoms with Crippen LogP contribution in [0, 0.1) is 13.8 Å². The second-order valence-corrected chi connectivity index (χ2v) is 7.23. The maximum absolute atomic E-state index is 6.11. The average molecular weight is 319 g/mol. The first-order valence-corrected chi connectivity index (χ1v) is 8.52. The van der Waals surface area contributed by atoms with Crippen LogP contribution in [0.15, 0.2) is 30.3 Å². The minimum absolute atomic E-state index is 0.351. The normalized spacial score (nSPS) is 13.0. The Morgan fingerprint density at radius 3 is 2.71 bits per heavy atom. The average Bonchev–Trinajstić information content (AvgIpc) is 3.01. The molecule has 0 spiro atoms. The van der Waals surface area contributed by atoms with Gasteiger partial charge < -0.3 is 4.57 Å². The van der Waals surface area contributed by atoms with E-state index in [1.165, 1.54) is 20.8 Å². The number of nitrogens with zero attached hydrogens (tertiary/aromatic N) is 2. The molecule has 1 aromatic carbocycles. The Labute approximate surface area is 134 Å². The summed E-state index contributed by atoms with van der Waals surface area (Å²) in [6, 6.07) is 11.2. The van der Waals surface area contributed by atoms with Crippen LogP contribution in [0.4, 0.5) is 0 Å². The summed E-state index contributed by atoms with van der Waals surface area (Å²) in [7, 11) is 0. The second kappa shape index (κ2) is 5.82. The predicted molar refractivity (Wildman–Crippen MR) is 91.5 cm³/mol. The van der Waals surface area contributed by atoms with Gasteiger partial charge in [0.2, 0.25) is 0 Å². The van der Waals surface area contributed by atoms with Crippen LogP contribution in [0.1, 0.15) is 34.1 Å². The zero-order valence-corrected chi connectivity index (χ0v) is 14.1. The number of benzene rings is 1. The Morgan fingerprint density at radius 1 is 1.24 bits per heavy atom. The third-order valence-electron chi connectivity index (χ3n) is 3.77. The fraction of sp³-hybridized carbons (Fsp3) is 0.353. The van der Waals surface area contributed by atoms with Crippen LogP contribution in [-0.4, -0.2) is 9.55 Å². The second-order valence-electron chi connectivity index (χ2n) is 5.59. The Balaban J connectivity index is 2.01. The quantitative estimate of drug-likeness (QED) is 0.600. The highest BCUT2D eigenvalue weighted by molar-refractivity contribution is 7.11. The Bertz CT molecular complexity index is 772. The van der Waals surface area contributed by atoms with Crippen molar-refractivity contribution in [3.05, 3.63) is 51.5 Å². The Kier molecular flexibility index (Phi) is 4.05. The Hall–Kier alpha value is -1.32. The molecule has 0 saturated carbocycles. The van der Waals surface area contributed by atoms with E-state index in [-0.39, 0.29) is 0 Å². The summed E-state index contributed by atoms with van der Waals surface area (Å²) in [6.07, 6.45) is 1.02. The van der Waals surface area contributed by atoms with E-state index in [0.717, 1.165) is 17.8 Å². The molecule has 0 aliphatic rings. The maximum Gasteiger partial charge on any atom is 0.125 e. The van der Waals surface area contributed by atoms with E-state index in [2.05, 4.69) is 55.7 Å². The molecule has 2 heterocycles. The number of aryl methyl sites for hydroxylation is 2. The van der Waals surface area contributed by atoms with Gasteiger partial charge in [0.25, 0.3) is 0 Å². The fourth-order valence-corrected chi connectivity index (χ4v) is 4.02. The van der Waals surface area contributed by atoms with Crippen molar-refractivity contribution in [2.75, 3.05) is 0 Å². The lowest BCUT2D eigenvalue weighted by Crippen LogP contribution is -2.10. The lowest BCUT2D eigenvalue weighted by Gasteiger charge is -2.16. The van der Waals surface area contributed by atoms with E-state index < -0.39 is 0 Å². The van der Waals surface area contributed by atoms with Crippen LogP contribution < -0.4 is 0 Å². The lowest BCUT2D eigenvalue weighted by molar-refractivity contribution is 0.547. The molecule has 0 N–H and O–H groups in total. The molecular formula is C17H19ClN2S. The first-order chi connectivity index (χ1) is 10.1. The van der Waals surface area contributed by atoms with Gasteiger partial charge in [-0.05, 0) is 50.6 Å². The van der Waals surface area contributed by atoms with Crippen LogP contribution in [-0.2, 0) is 12.3 Å². The SMILES string of the molecule is Cc1ccc2c(c1)nc(CCl)n2C(C)Cc1ccc(C)s1. The summed E-state index contributed by atoms with van der Waals surface area (Å²) < 4.78 is 2.29. The van der Waals surface area contributed by atoms with Gasteiger partial charge in [0.1, 0.15) is 5.82 Å². The van der Waals surface area contributed by atoms with Gasteiger partial charge in [0.05, 0.1) is 16.9 Å². The van der Waals surface area contributed by atoms with Crippen LogP contribution >= 0.6 is 22.9 Å². The first kappa shape index (κ1) is 14.6. The number of thiophene rings is 1. The highest BCUT2D eigenvalue weighted by Gasteiger charge is 2.16. The van der Waals surface area contributed by atoms with Crippen molar-refractivity contribution in [2.24, 2.45) is 0 Å². The molecule has 1 atom stereocenters. The molecule has 0 bridgehead atoms. The molecule has 0 saturated heterocycles. The van der Waals surface area contributed by atoms with Gasteiger partial charge >= 0.3 is 0 Å². The molecule has 0 aliphatic carbocycles. The van der Waals surface area contributed by atoms with Gasteiger partial charge in [-0.15, -0.1) is 22.9 Å². The van der Waals surface area contributed by atoms with Gasteiger partial charge in [-0.1, -0.05) is 6.07 Å². The van der Waals surface area contributed by atoms with Gasteiger partial charge in [-0.25, -0.2) is 4.98 Å². The fourth-order valence-electron chi connectivity index (χ4n) is 2.82. The molecule has 110 valence electrons. The zero-order chi connectivity index (χ0) is 15.0. The number of hydrogen-bond acceptors (Lipinski definition) is 2. The molecular weight excluding hydrogens is 300 g/mol. The molecule has 2 nitrogen and oxygen atoms in total. The maximum atomic E-state index is 6.11. The monoisotopic (exact) mass is 318 g/mol. The zero-order valence-electron chi connectivity index (χ0n) is 12.6. The molecule has 3 rings (SSSR count). The standard InChI is InChI=1S/C17H19ClN2S/c1-11-4-7-16-15(8-11)19-17(10-18)20(16)12(2)9-14-6-5-13(3)21-14/h4-8,12H,9-10H2,1-3H3. The summed E-state index contributed by atoms with van der Waals surface area (Å²) in [6.45, 7) is 6.49. The largest absolute Gasteiger partial charge is 0.324 e. The minimum atomic E-state index is 0.351. The van der Waals surface area contributed by atoms with E-state index in [1.54, 1.807) is 0 Å². The molecule has 2 aromatic heterocycles. The van der Waals surface area contributed by atoms with E-state index >= 15 is 0 Å². The van der Waals surface area contributed by atoms with Gasteiger partial charge in [0, 0.05) is 22.2 Å². The first-order valence-electron chi connectivity index (χ1n) is 7.17. The smallest absolute Gasteiger partial charge is 0.125 e. The van der Waals surface area contributed by atoms with Crippen LogP contribution in [0.25, 0.3) is 11.0 Å². The van der Waals surface area contributed by atoms with Crippen LogP contribution in [0.2, 0.25) is 0 Å². The van der Waals surface area contributed by atoms with Gasteiger partial charge in [-0.2, -0.15) is 0 Å². The highest BCUT2D eigenvalue weighted by atomic mass is 35.5. The molecule has 21 heavy (non-hydrogen) atoms. The molecule has 4 heteroatoms.